The van der Waals surface area contributed by atoms with E-state index in [9.17, 15) is 24.3 Å². The van der Waals surface area contributed by atoms with Gasteiger partial charge in [-0.15, -0.1) is 13.2 Å². The number of hydrogen-bond acceptors (Lipinski definition) is 7. The molecular formula is C37H51N3O7. The van der Waals surface area contributed by atoms with Gasteiger partial charge in [-0.3, -0.25) is 19.2 Å². The molecule has 256 valence electrons. The van der Waals surface area contributed by atoms with Crippen LogP contribution < -0.4 is 5.32 Å². The number of fused-ring (bicyclic) bond motifs is 1. The number of carbonyl (C=O) groups is 4. The second kappa shape index (κ2) is 16.1. The van der Waals surface area contributed by atoms with Gasteiger partial charge in [-0.1, -0.05) is 61.7 Å². The summed E-state index contributed by atoms with van der Waals surface area (Å²) in [6, 6.07) is 8.48. The first-order chi connectivity index (χ1) is 22.9. The first-order valence-electron chi connectivity index (χ1n) is 17.5. The smallest absolute Gasteiger partial charge is 0.313 e. The Morgan fingerprint density at radius 3 is 2.55 bits per heavy atom. The number of nitrogens with zero attached hydrogens (tertiary/aromatic N) is 2. The molecule has 2 bridgehead atoms. The molecule has 3 heterocycles. The molecule has 10 nitrogen and oxygen atoms in total. The van der Waals surface area contributed by atoms with Gasteiger partial charge in [0, 0.05) is 32.2 Å². The lowest BCUT2D eigenvalue weighted by molar-refractivity contribution is -0.160. The van der Waals surface area contributed by atoms with Crippen LogP contribution in [0.2, 0.25) is 0 Å². The number of likely N-dealkylation sites (tertiary alicyclic amines) is 1. The molecule has 0 unspecified atom stereocenters. The van der Waals surface area contributed by atoms with Crippen LogP contribution in [0.1, 0.15) is 88.7 Å². The summed E-state index contributed by atoms with van der Waals surface area (Å²) in [4.78, 5) is 59.2. The van der Waals surface area contributed by atoms with Crippen molar-refractivity contribution < 1.29 is 33.8 Å². The minimum Gasteiger partial charge on any atom is -0.455 e. The first kappa shape index (κ1) is 34.8. The molecular weight excluding hydrogens is 598 g/mol. The van der Waals surface area contributed by atoms with Crippen molar-refractivity contribution in [3.63, 3.8) is 0 Å². The van der Waals surface area contributed by atoms with Crippen molar-refractivity contribution in [3.05, 3.63) is 61.2 Å². The molecule has 4 aliphatic rings. The Balaban J connectivity index is 1.41. The molecule has 4 fully saturated rings. The van der Waals surface area contributed by atoms with E-state index in [1.165, 1.54) is 0 Å². The number of aliphatic hydroxyl groups excluding tert-OH is 1. The maximum Gasteiger partial charge on any atom is 0.313 e. The Kier molecular flexibility index (Phi) is 11.9. The lowest BCUT2D eigenvalue weighted by Gasteiger charge is -2.40. The van der Waals surface area contributed by atoms with Crippen LogP contribution in [0.5, 0.6) is 0 Å². The topological polar surface area (TPSA) is 125 Å². The molecule has 5 rings (SSSR count). The van der Waals surface area contributed by atoms with Gasteiger partial charge in [0.25, 0.3) is 0 Å². The summed E-state index contributed by atoms with van der Waals surface area (Å²) < 4.78 is 12.8. The van der Waals surface area contributed by atoms with Crippen LogP contribution in [0.4, 0.5) is 0 Å². The molecule has 1 spiro atoms. The highest BCUT2D eigenvalue weighted by Gasteiger charge is 2.75. The second-order valence-corrected chi connectivity index (χ2v) is 13.4. The number of aliphatic hydroxyl groups is 1. The Hall–Kier alpha value is -3.50. The normalized spacial score (nSPS) is 27.3. The Labute approximate surface area is 278 Å². The van der Waals surface area contributed by atoms with Gasteiger partial charge in [0.1, 0.15) is 17.7 Å². The number of unbranched alkanes of at least 4 members (excludes halogenated alkanes) is 2. The monoisotopic (exact) mass is 649 g/mol. The number of hydrogen-bond donors (Lipinski definition) is 2. The van der Waals surface area contributed by atoms with Crippen molar-refractivity contribution in [2.24, 2.45) is 11.8 Å². The summed E-state index contributed by atoms with van der Waals surface area (Å²) in [7, 11) is 0. The minimum atomic E-state index is -1.12. The molecule has 3 aliphatic heterocycles. The van der Waals surface area contributed by atoms with E-state index < -0.39 is 41.7 Å². The quantitative estimate of drug-likeness (QED) is 0.147. The molecule has 1 saturated carbocycles. The number of rotatable bonds is 17. The lowest BCUT2D eigenvalue weighted by Crippen LogP contribution is -2.58. The van der Waals surface area contributed by atoms with E-state index in [2.05, 4.69) is 18.5 Å². The fourth-order valence-corrected chi connectivity index (χ4v) is 8.26. The Bertz CT molecular complexity index is 1280. The second-order valence-electron chi connectivity index (χ2n) is 13.4. The van der Waals surface area contributed by atoms with Crippen LogP contribution >= 0.6 is 0 Å². The average molecular weight is 650 g/mol. The van der Waals surface area contributed by atoms with Gasteiger partial charge in [-0.25, -0.2) is 0 Å². The molecule has 47 heavy (non-hydrogen) atoms. The third-order valence-corrected chi connectivity index (χ3v) is 10.5. The van der Waals surface area contributed by atoms with E-state index in [1.807, 2.05) is 35.2 Å². The van der Waals surface area contributed by atoms with Gasteiger partial charge < -0.3 is 29.7 Å². The van der Waals surface area contributed by atoms with Crippen LogP contribution in [-0.2, 0) is 28.7 Å². The van der Waals surface area contributed by atoms with E-state index in [-0.39, 0.29) is 43.3 Å². The SMILES string of the molecule is C=CCCC(=O)NC[C@@H](OC(=O)[C@@H]1[C@@H]2CC[C@]3(O2)[C@H](C(=O)N(CC=C)C2CCCCC2)N(CCCCCO)C(=O)[C@@H]13)c1ccccc1. The van der Waals surface area contributed by atoms with Gasteiger partial charge in [0.2, 0.25) is 17.7 Å². The average Bonchev–Trinajstić information content (AvgIpc) is 3.74. The summed E-state index contributed by atoms with van der Waals surface area (Å²) in [5, 5.41) is 12.2. The van der Waals surface area contributed by atoms with Gasteiger partial charge in [0.05, 0.1) is 24.5 Å². The van der Waals surface area contributed by atoms with Crippen LogP contribution in [0.25, 0.3) is 0 Å². The lowest BCUT2D eigenvalue weighted by atomic mass is 9.70. The number of carbonyl (C=O) groups excluding carboxylic acids is 4. The third-order valence-electron chi connectivity index (χ3n) is 10.5. The summed E-state index contributed by atoms with van der Waals surface area (Å²) >= 11 is 0. The van der Waals surface area contributed by atoms with Crippen molar-refractivity contribution >= 4 is 23.7 Å². The largest absolute Gasteiger partial charge is 0.455 e. The van der Waals surface area contributed by atoms with Gasteiger partial charge in [-0.05, 0) is 56.9 Å². The van der Waals surface area contributed by atoms with Gasteiger partial charge in [-0.2, -0.15) is 0 Å². The van der Waals surface area contributed by atoms with E-state index >= 15 is 0 Å². The summed E-state index contributed by atoms with van der Waals surface area (Å²) in [5.41, 5.74) is -0.387. The number of nitrogens with one attached hydrogen (secondary N) is 1. The van der Waals surface area contributed by atoms with Gasteiger partial charge >= 0.3 is 5.97 Å². The van der Waals surface area contributed by atoms with Crippen LogP contribution in [0, 0.1) is 11.8 Å². The summed E-state index contributed by atoms with van der Waals surface area (Å²) in [6.07, 6.45) is 11.0. The highest BCUT2D eigenvalue weighted by Crippen LogP contribution is 2.59. The zero-order valence-corrected chi connectivity index (χ0v) is 27.5. The molecule has 6 atom stereocenters. The molecule has 1 aromatic carbocycles. The predicted octanol–water partition coefficient (Wildman–Crippen LogP) is 4.24. The highest BCUT2D eigenvalue weighted by molar-refractivity contribution is 5.98. The molecule has 1 aliphatic carbocycles. The molecule has 0 aromatic heterocycles. The first-order valence-corrected chi connectivity index (χ1v) is 17.5. The van der Waals surface area contributed by atoms with Crippen molar-refractivity contribution in [2.75, 3.05) is 26.2 Å². The Morgan fingerprint density at radius 2 is 1.85 bits per heavy atom. The third kappa shape index (κ3) is 7.33. The van der Waals surface area contributed by atoms with Crippen LogP contribution in [-0.4, -0.2) is 88.6 Å². The zero-order valence-electron chi connectivity index (χ0n) is 27.5. The van der Waals surface area contributed by atoms with Crippen molar-refractivity contribution in [3.8, 4) is 0 Å². The standard InChI is InChI=1S/C37H51N3O7/c1-3-5-19-30(42)38-25-29(26-15-9-6-10-16-26)46-36(45)31-28-20-21-37(47-28)32(31)34(43)40(23-13-8-14-24-41)33(37)35(44)39(22-4-2)27-17-11-7-12-18-27/h3-4,6,9-10,15-16,27-29,31-33,41H,1-2,5,7-8,11-14,17-25H2,(H,38,42)/t28-,29+,31+,32+,33-,37+/m0/s1. The van der Waals surface area contributed by atoms with E-state index in [0.717, 1.165) is 37.7 Å². The highest BCUT2D eigenvalue weighted by atomic mass is 16.6. The predicted molar refractivity (Wildman–Crippen MR) is 177 cm³/mol. The molecule has 10 heteroatoms. The molecule has 2 N–H and O–H groups in total. The number of ether oxygens (including phenoxy) is 2. The fourth-order valence-electron chi connectivity index (χ4n) is 8.26. The van der Waals surface area contributed by atoms with Crippen LogP contribution in [0.15, 0.2) is 55.6 Å². The maximum absolute atomic E-state index is 14.7. The number of amides is 3. The van der Waals surface area contributed by atoms with Crippen LogP contribution in [0.3, 0.4) is 0 Å². The van der Waals surface area contributed by atoms with Crippen molar-refractivity contribution in [1.82, 2.24) is 15.1 Å². The van der Waals surface area contributed by atoms with Crippen molar-refractivity contribution in [2.45, 2.75) is 107 Å². The molecule has 0 radical (unpaired) electrons. The number of benzene rings is 1. The summed E-state index contributed by atoms with van der Waals surface area (Å²) in [6.45, 7) is 8.48. The van der Waals surface area contributed by atoms with E-state index in [4.69, 9.17) is 9.47 Å². The number of allylic oxidation sites excluding steroid dienone is 1. The maximum atomic E-state index is 14.7. The minimum absolute atomic E-state index is 0.0632. The van der Waals surface area contributed by atoms with Gasteiger partial charge in [0.15, 0.2) is 0 Å². The Morgan fingerprint density at radius 1 is 1.09 bits per heavy atom. The zero-order chi connectivity index (χ0) is 33.4. The molecule has 3 amide bonds. The fraction of sp³-hybridized carbons (Fsp3) is 0.622. The van der Waals surface area contributed by atoms with E-state index in [1.54, 1.807) is 17.1 Å². The summed E-state index contributed by atoms with van der Waals surface area (Å²) in [5.74, 6) is -2.79. The van der Waals surface area contributed by atoms with Crippen molar-refractivity contribution in [1.29, 1.82) is 0 Å². The number of esters is 1. The van der Waals surface area contributed by atoms with E-state index in [0.29, 0.717) is 51.6 Å². The molecule has 1 aromatic rings. The molecule has 3 saturated heterocycles.